The quantitative estimate of drug-likeness (QED) is 0.656. The average Bonchev–Trinajstić information content (AvgIpc) is 2.80. The number of aliphatic carboxylic acids is 1. The Morgan fingerprint density at radius 1 is 1.45 bits per heavy atom. The first-order valence-electron chi connectivity index (χ1n) is 6.72. The fourth-order valence-corrected chi connectivity index (χ4v) is 1.83. The summed E-state index contributed by atoms with van der Waals surface area (Å²) in [5.74, 6) is 0.0317. The van der Waals surface area contributed by atoms with Gasteiger partial charge in [-0.15, -0.1) is 0 Å². The van der Waals surface area contributed by atoms with Crippen molar-refractivity contribution in [1.82, 2.24) is 20.2 Å². The fourth-order valence-electron chi connectivity index (χ4n) is 1.83. The van der Waals surface area contributed by atoms with Gasteiger partial charge in [-0.2, -0.15) is 0 Å². The zero-order valence-corrected chi connectivity index (χ0v) is 11.9. The molecule has 1 heterocycles. The maximum atomic E-state index is 11.6. The molecule has 0 aliphatic carbocycles. The minimum atomic E-state index is -0.839. The van der Waals surface area contributed by atoms with Gasteiger partial charge in [0.15, 0.2) is 0 Å². The summed E-state index contributed by atoms with van der Waals surface area (Å²) >= 11 is 0. The van der Waals surface area contributed by atoms with Crippen LogP contribution in [0.1, 0.15) is 25.6 Å². The summed E-state index contributed by atoms with van der Waals surface area (Å²) in [6.45, 7) is 2.78. The number of nitrogens with one attached hydrogen (secondary N) is 2. The first-order valence-corrected chi connectivity index (χ1v) is 6.72. The normalized spacial score (nSPS) is 11.9. The number of aryl methyl sites for hydroxylation is 1. The van der Waals surface area contributed by atoms with Crippen LogP contribution in [0.15, 0.2) is 12.4 Å². The summed E-state index contributed by atoms with van der Waals surface area (Å²) in [6.07, 6.45) is 5.02. The number of carbonyl (C=O) groups excluding carboxylic acids is 1. The van der Waals surface area contributed by atoms with E-state index in [1.54, 1.807) is 6.20 Å². The molecule has 0 aromatic carbocycles. The molecule has 2 amide bonds. The Labute approximate surface area is 118 Å². The minimum Gasteiger partial charge on any atom is -0.481 e. The standard InChI is InChI=1S/C13H22N4O3/c1-3-10(8-12(18)19)9-16-13(20)15-5-4-11-14-6-7-17(11)2/h6-7,10H,3-5,8-9H2,1-2H3,(H,18,19)(H2,15,16,20). The Hall–Kier alpha value is -2.05. The Balaban J connectivity index is 2.20. The highest BCUT2D eigenvalue weighted by Crippen LogP contribution is 2.06. The van der Waals surface area contributed by atoms with Crippen LogP contribution in [-0.2, 0) is 18.3 Å². The summed E-state index contributed by atoms with van der Waals surface area (Å²) in [7, 11) is 1.90. The lowest BCUT2D eigenvalue weighted by atomic mass is 10.0. The van der Waals surface area contributed by atoms with E-state index in [9.17, 15) is 9.59 Å². The molecule has 112 valence electrons. The van der Waals surface area contributed by atoms with Crippen LogP contribution in [0.3, 0.4) is 0 Å². The molecule has 1 unspecified atom stereocenters. The van der Waals surface area contributed by atoms with E-state index in [0.717, 1.165) is 12.2 Å². The molecule has 0 fully saturated rings. The van der Waals surface area contributed by atoms with Crippen molar-refractivity contribution in [1.29, 1.82) is 0 Å². The second-order valence-corrected chi connectivity index (χ2v) is 4.71. The third-order valence-corrected chi connectivity index (χ3v) is 3.15. The average molecular weight is 282 g/mol. The zero-order chi connectivity index (χ0) is 15.0. The summed E-state index contributed by atoms with van der Waals surface area (Å²) in [4.78, 5) is 26.3. The second kappa shape index (κ2) is 8.19. The van der Waals surface area contributed by atoms with Crippen LogP contribution in [0.2, 0.25) is 0 Å². The zero-order valence-electron chi connectivity index (χ0n) is 11.9. The molecule has 0 saturated heterocycles. The molecule has 7 heteroatoms. The van der Waals surface area contributed by atoms with Crippen LogP contribution >= 0.6 is 0 Å². The van der Waals surface area contributed by atoms with Gasteiger partial charge < -0.3 is 20.3 Å². The van der Waals surface area contributed by atoms with Gasteiger partial charge in [0.2, 0.25) is 0 Å². The molecule has 20 heavy (non-hydrogen) atoms. The fraction of sp³-hybridized carbons (Fsp3) is 0.615. The SMILES string of the molecule is CCC(CNC(=O)NCCc1nccn1C)CC(=O)O. The molecule has 0 aliphatic heterocycles. The van der Waals surface area contributed by atoms with Gasteiger partial charge in [-0.3, -0.25) is 4.79 Å². The van der Waals surface area contributed by atoms with Crippen LogP contribution in [0.25, 0.3) is 0 Å². The molecule has 1 aromatic heterocycles. The maximum Gasteiger partial charge on any atom is 0.314 e. The highest BCUT2D eigenvalue weighted by atomic mass is 16.4. The van der Waals surface area contributed by atoms with Gasteiger partial charge in [0.25, 0.3) is 0 Å². The van der Waals surface area contributed by atoms with E-state index in [4.69, 9.17) is 5.11 Å². The lowest BCUT2D eigenvalue weighted by Gasteiger charge is -2.14. The molecule has 0 bridgehead atoms. The first kappa shape index (κ1) is 16.0. The van der Waals surface area contributed by atoms with Crippen LogP contribution in [0, 0.1) is 5.92 Å². The second-order valence-electron chi connectivity index (χ2n) is 4.71. The van der Waals surface area contributed by atoms with Crippen molar-refractivity contribution in [2.24, 2.45) is 13.0 Å². The van der Waals surface area contributed by atoms with Crippen LogP contribution < -0.4 is 10.6 Å². The van der Waals surface area contributed by atoms with Gasteiger partial charge in [-0.25, -0.2) is 9.78 Å². The van der Waals surface area contributed by atoms with E-state index >= 15 is 0 Å². The largest absolute Gasteiger partial charge is 0.481 e. The number of urea groups is 1. The first-order chi connectivity index (χ1) is 9.52. The van der Waals surface area contributed by atoms with Gasteiger partial charge >= 0.3 is 12.0 Å². The van der Waals surface area contributed by atoms with E-state index in [0.29, 0.717) is 19.5 Å². The molecular weight excluding hydrogens is 260 g/mol. The predicted octanol–water partition coefficient (Wildman–Crippen LogP) is 0.763. The maximum absolute atomic E-state index is 11.6. The molecule has 0 spiro atoms. The van der Waals surface area contributed by atoms with Crippen molar-refractivity contribution < 1.29 is 14.7 Å². The third-order valence-electron chi connectivity index (χ3n) is 3.15. The number of hydrogen-bond donors (Lipinski definition) is 3. The summed E-state index contributed by atoms with van der Waals surface area (Å²) in [6, 6.07) is -0.275. The van der Waals surface area contributed by atoms with E-state index in [2.05, 4.69) is 15.6 Å². The molecular formula is C13H22N4O3. The number of carbonyl (C=O) groups is 2. The molecule has 1 atom stereocenters. The van der Waals surface area contributed by atoms with E-state index in [1.165, 1.54) is 0 Å². The molecule has 7 nitrogen and oxygen atoms in total. The predicted molar refractivity (Wildman–Crippen MR) is 74.3 cm³/mol. The summed E-state index contributed by atoms with van der Waals surface area (Å²) in [5.41, 5.74) is 0. The van der Waals surface area contributed by atoms with Crippen LogP contribution in [0.4, 0.5) is 4.79 Å². The number of carboxylic acid groups (broad SMARTS) is 1. The summed E-state index contributed by atoms with van der Waals surface area (Å²) in [5, 5.41) is 14.1. The number of carboxylic acids is 1. The van der Waals surface area contributed by atoms with Gasteiger partial charge in [0.1, 0.15) is 5.82 Å². The third kappa shape index (κ3) is 5.73. The lowest BCUT2D eigenvalue weighted by Crippen LogP contribution is -2.39. The van der Waals surface area contributed by atoms with E-state index in [-0.39, 0.29) is 18.4 Å². The molecule has 0 aliphatic rings. The van der Waals surface area contributed by atoms with Crippen molar-refractivity contribution in [2.45, 2.75) is 26.2 Å². The van der Waals surface area contributed by atoms with Gasteiger partial charge in [-0.1, -0.05) is 13.3 Å². The van der Waals surface area contributed by atoms with Gasteiger partial charge in [0, 0.05) is 45.4 Å². The number of rotatable bonds is 8. The van der Waals surface area contributed by atoms with E-state index in [1.807, 2.05) is 24.7 Å². The highest BCUT2D eigenvalue weighted by Gasteiger charge is 2.12. The molecule has 1 rings (SSSR count). The Morgan fingerprint density at radius 3 is 2.75 bits per heavy atom. The van der Waals surface area contributed by atoms with Crippen molar-refractivity contribution >= 4 is 12.0 Å². The topological polar surface area (TPSA) is 96.3 Å². The number of imidazole rings is 1. The molecule has 3 N–H and O–H groups in total. The van der Waals surface area contributed by atoms with Crippen molar-refractivity contribution in [3.63, 3.8) is 0 Å². The molecule has 0 radical (unpaired) electrons. The van der Waals surface area contributed by atoms with Crippen molar-refractivity contribution in [3.05, 3.63) is 18.2 Å². The smallest absolute Gasteiger partial charge is 0.314 e. The van der Waals surface area contributed by atoms with Crippen molar-refractivity contribution in [2.75, 3.05) is 13.1 Å². The number of nitrogens with zero attached hydrogens (tertiary/aromatic N) is 2. The van der Waals surface area contributed by atoms with Gasteiger partial charge in [-0.05, 0) is 5.92 Å². The summed E-state index contributed by atoms with van der Waals surface area (Å²) < 4.78 is 1.90. The Kier molecular flexibility index (Phi) is 6.55. The van der Waals surface area contributed by atoms with Crippen LogP contribution in [-0.4, -0.2) is 39.7 Å². The monoisotopic (exact) mass is 282 g/mol. The van der Waals surface area contributed by atoms with Gasteiger partial charge in [0.05, 0.1) is 0 Å². The minimum absolute atomic E-state index is 0.0345. The number of hydrogen-bond acceptors (Lipinski definition) is 3. The Morgan fingerprint density at radius 2 is 2.20 bits per heavy atom. The number of aromatic nitrogens is 2. The Bertz CT molecular complexity index is 445. The van der Waals surface area contributed by atoms with E-state index < -0.39 is 5.97 Å². The molecule has 0 saturated carbocycles. The number of amides is 2. The lowest BCUT2D eigenvalue weighted by molar-refractivity contribution is -0.138. The van der Waals surface area contributed by atoms with Crippen LogP contribution in [0.5, 0.6) is 0 Å². The highest BCUT2D eigenvalue weighted by molar-refractivity contribution is 5.74. The van der Waals surface area contributed by atoms with Crippen molar-refractivity contribution in [3.8, 4) is 0 Å². The molecule has 1 aromatic rings.